The number of ether oxygens (including phenoxy) is 1. The van der Waals surface area contributed by atoms with Gasteiger partial charge in [-0.1, -0.05) is 6.07 Å². The standard InChI is InChI=1S/C11H13N3O3/c12-4-3-8-1-2-9(7-10(8)14(15)16)11-13-5-6-17-11/h1-2,7H,3-6,12H2. The van der Waals surface area contributed by atoms with Crippen LogP contribution in [-0.2, 0) is 11.2 Å². The molecule has 0 saturated heterocycles. The van der Waals surface area contributed by atoms with Crippen molar-refractivity contribution >= 4 is 11.6 Å². The van der Waals surface area contributed by atoms with Gasteiger partial charge in [0.1, 0.15) is 6.61 Å². The molecule has 0 atom stereocenters. The second-order valence-electron chi connectivity index (χ2n) is 3.67. The van der Waals surface area contributed by atoms with Crippen LogP contribution in [0.3, 0.4) is 0 Å². The van der Waals surface area contributed by atoms with Crippen LogP contribution in [0, 0.1) is 10.1 Å². The van der Waals surface area contributed by atoms with Gasteiger partial charge in [0.05, 0.1) is 11.5 Å². The summed E-state index contributed by atoms with van der Waals surface area (Å²) in [5, 5.41) is 10.9. The van der Waals surface area contributed by atoms with Crippen LogP contribution in [0.1, 0.15) is 11.1 Å². The third kappa shape index (κ3) is 2.42. The van der Waals surface area contributed by atoms with Crippen molar-refractivity contribution in [2.24, 2.45) is 10.7 Å². The number of benzene rings is 1. The molecule has 90 valence electrons. The second-order valence-corrected chi connectivity index (χ2v) is 3.67. The van der Waals surface area contributed by atoms with Crippen LogP contribution in [0.15, 0.2) is 23.2 Å². The maximum atomic E-state index is 10.9. The average molecular weight is 235 g/mol. The van der Waals surface area contributed by atoms with Gasteiger partial charge in [-0.05, 0) is 19.0 Å². The molecule has 6 heteroatoms. The molecule has 1 aliphatic heterocycles. The summed E-state index contributed by atoms with van der Waals surface area (Å²) in [5.74, 6) is 0.479. The molecular formula is C11H13N3O3. The quantitative estimate of drug-likeness (QED) is 0.619. The minimum absolute atomic E-state index is 0.0751. The first-order chi connectivity index (χ1) is 8.22. The summed E-state index contributed by atoms with van der Waals surface area (Å²) >= 11 is 0. The van der Waals surface area contributed by atoms with Crippen LogP contribution < -0.4 is 5.73 Å². The van der Waals surface area contributed by atoms with Crippen molar-refractivity contribution in [3.63, 3.8) is 0 Å². The van der Waals surface area contributed by atoms with E-state index in [1.54, 1.807) is 12.1 Å². The molecule has 1 aromatic carbocycles. The van der Waals surface area contributed by atoms with E-state index < -0.39 is 4.92 Å². The van der Waals surface area contributed by atoms with Gasteiger partial charge in [0.15, 0.2) is 0 Å². The van der Waals surface area contributed by atoms with Crippen molar-refractivity contribution in [2.45, 2.75) is 6.42 Å². The van der Waals surface area contributed by atoms with Crippen molar-refractivity contribution < 1.29 is 9.66 Å². The zero-order valence-corrected chi connectivity index (χ0v) is 9.26. The van der Waals surface area contributed by atoms with E-state index in [-0.39, 0.29) is 5.69 Å². The molecule has 0 amide bonds. The van der Waals surface area contributed by atoms with Crippen LogP contribution in [0.4, 0.5) is 5.69 Å². The lowest BCUT2D eigenvalue weighted by Gasteiger charge is -2.05. The normalized spacial score (nSPS) is 14.3. The molecule has 1 aromatic rings. The Hall–Kier alpha value is -1.95. The number of hydrogen-bond donors (Lipinski definition) is 1. The second kappa shape index (κ2) is 4.92. The molecule has 0 saturated carbocycles. The molecule has 2 rings (SSSR count). The first-order valence-corrected chi connectivity index (χ1v) is 5.37. The fourth-order valence-corrected chi connectivity index (χ4v) is 1.74. The summed E-state index contributed by atoms with van der Waals surface area (Å²) < 4.78 is 5.28. The van der Waals surface area contributed by atoms with Gasteiger partial charge in [0.25, 0.3) is 5.69 Å². The van der Waals surface area contributed by atoms with Crippen molar-refractivity contribution in [2.75, 3.05) is 19.7 Å². The summed E-state index contributed by atoms with van der Waals surface area (Å²) in [5.41, 5.74) is 6.78. The molecule has 0 aromatic heterocycles. The molecule has 1 aliphatic rings. The van der Waals surface area contributed by atoms with Crippen molar-refractivity contribution in [3.05, 3.63) is 39.4 Å². The van der Waals surface area contributed by atoms with Gasteiger partial charge in [-0.3, -0.25) is 10.1 Å². The predicted octanol–water partition coefficient (Wildman–Crippen LogP) is 0.873. The molecule has 0 radical (unpaired) electrons. The van der Waals surface area contributed by atoms with E-state index in [2.05, 4.69) is 4.99 Å². The molecule has 17 heavy (non-hydrogen) atoms. The molecule has 0 fully saturated rings. The lowest BCUT2D eigenvalue weighted by molar-refractivity contribution is -0.385. The van der Waals surface area contributed by atoms with E-state index in [1.807, 2.05) is 0 Å². The maximum Gasteiger partial charge on any atom is 0.273 e. The third-order valence-corrected chi connectivity index (χ3v) is 2.53. The van der Waals surface area contributed by atoms with E-state index in [9.17, 15) is 10.1 Å². The minimum Gasteiger partial charge on any atom is -0.476 e. The Kier molecular flexibility index (Phi) is 3.34. The number of nitro groups is 1. The number of hydrogen-bond acceptors (Lipinski definition) is 5. The molecular weight excluding hydrogens is 222 g/mol. The Bertz CT molecular complexity index is 471. The lowest BCUT2D eigenvalue weighted by Crippen LogP contribution is -2.07. The maximum absolute atomic E-state index is 10.9. The number of rotatable bonds is 4. The van der Waals surface area contributed by atoms with E-state index in [0.717, 1.165) is 0 Å². The largest absolute Gasteiger partial charge is 0.476 e. The molecule has 0 unspecified atom stereocenters. The Labute approximate surface area is 98.3 Å². The van der Waals surface area contributed by atoms with E-state index >= 15 is 0 Å². The van der Waals surface area contributed by atoms with Crippen molar-refractivity contribution in [3.8, 4) is 0 Å². The zero-order valence-electron chi connectivity index (χ0n) is 9.26. The molecule has 2 N–H and O–H groups in total. The lowest BCUT2D eigenvalue weighted by atomic mass is 10.1. The highest BCUT2D eigenvalue weighted by Crippen LogP contribution is 2.22. The van der Waals surface area contributed by atoms with Crippen LogP contribution in [0.25, 0.3) is 0 Å². The smallest absolute Gasteiger partial charge is 0.273 e. The van der Waals surface area contributed by atoms with Crippen molar-refractivity contribution in [1.82, 2.24) is 0 Å². The molecule has 0 aliphatic carbocycles. The number of aliphatic imine (C=N–C) groups is 1. The van der Waals surface area contributed by atoms with Crippen LogP contribution in [-0.4, -0.2) is 30.5 Å². The fourth-order valence-electron chi connectivity index (χ4n) is 1.74. The van der Waals surface area contributed by atoms with Gasteiger partial charge in [-0.2, -0.15) is 0 Å². The number of nitrogens with zero attached hydrogens (tertiary/aromatic N) is 2. The molecule has 0 spiro atoms. The first kappa shape index (κ1) is 11.5. The summed E-state index contributed by atoms with van der Waals surface area (Å²) in [6.07, 6.45) is 0.490. The van der Waals surface area contributed by atoms with Crippen molar-refractivity contribution in [1.29, 1.82) is 0 Å². The van der Waals surface area contributed by atoms with Gasteiger partial charge in [-0.25, -0.2) is 4.99 Å². The highest BCUT2D eigenvalue weighted by atomic mass is 16.6. The summed E-state index contributed by atoms with van der Waals surface area (Å²) in [4.78, 5) is 14.7. The Morgan fingerprint density at radius 3 is 2.94 bits per heavy atom. The first-order valence-electron chi connectivity index (χ1n) is 5.37. The highest BCUT2D eigenvalue weighted by Gasteiger charge is 2.18. The van der Waals surface area contributed by atoms with E-state index in [0.29, 0.717) is 43.1 Å². The van der Waals surface area contributed by atoms with Gasteiger partial charge in [-0.15, -0.1) is 0 Å². The highest BCUT2D eigenvalue weighted by molar-refractivity contribution is 5.95. The number of nitro benzene ring substituents is 1. The zero-order chi connectivity index (χ0) is 12.3. The SMILES string of the molecule is NCCc1ccc(C2=NCCO2)cc1[N+](=O)[O-]. The monoisotopic (exact) mass is 235 g/mol. The fraction of sp³-hybridized carbons (Fsp3) is 0.364. The molecule has 1 heterocycles. The third-order valence-electron chi connectivity index (χ3n) is 2.53. The van der Waals surface area contributed by atoms with Crippen LogP contribution in [0.2, 0.25) is 0 Å². The summed E-state index contributed by atoms with van der Waals surface area (Å²) in [6.45, 7) is 1.53. The summed E-state index contributed by atoms with van der Waals surface area (Å²) in [7, 11) is 0. The van der Waals surface area contributed by atoms with Gasteiger partial charge in [0, 0.05) is 17.2 Å². The predicted molar refractivity (Wildman–Crippen MR) is 63.2 cm³/mol. The Balaban J connectivity index is 2.37. The summed E-state index contributed by atoms with van der Waals surface area (Å²) in [6, 6.07) is 4.99. The van der Waals surface area contributed by atoms with E-state index in [1.165, 1.54) is 6.07 Å². The average Bonchev–Trinajstić information content (AvgIpc) is 2.83. The Morgan fingerprint density at radius 1 is 1.53 bits per heavy atom. The topological polar surface area (TPSA) is 90.8 Å². The van der Waals surface area contributed by atoms with Crippen LogP contribution >= 0.6 is 0 Å². The van der Waals surface area contributed by atoms with Gasteiger partial charge < -0.3 is 10.5 Å². The van der Waals surface area contributed by atoms with Crippen LogP contribution in [0.5, 0.6) is 0 Å². The minimum atomic E-state index is -0.399. The Morgan fingerprint density at radius 2 is 2.35 bits per heavy atom. The van der Waals surface area contributed by atoms with Gasteiger partial charge >= 0.3 is 0 Å². The van der Waals surface area contributed by atoms with Gasteiger partial charge in [0.2, 0.25) is 5.90 Å². The molecule has 0 bridgehead atoms. The number of nitrogens with two attached hydrogens (primary N) is 1. The van der Waals surface area contributed by atoms with E-state index in [4.69, 9.17) is 10.5 Å². The molecule has 6 nitrogen and oxygen atoms in total.